The van der Waals surface area contributed by atoms with Gasteiger partial charge in [0, 0.05) is 10.8 Å². The van der Waals surface area contributed by atoms with Gasteiger partial charge in [-0.05, 0) is 70.1 Å². The van der Waals surface area contributed by atoms with Crippen molar-refractivity contribution in [2.75, 3.05) is 0 Å². The zero-order valence-electron chi connectivity index (χ0n) is 12.8. The highest BCUT2D eigenvalue weighted by atomic mass is 16.3. The third kappa shape index (κ3) is 1.68. The van der Waals surface area contributed by atoms with Crippen molar-refractivity contribution in [2.45, 2.75) is 71.8 Å². The number of aliphatic hydroxyl groups is 1. The van der Waals surface area contributed by atoms with Crippen LogP contribution in [0.1, 0.15) is 66.2 Å². The number of carbonyl (C=O) groups excluding carboxylic acids is 1. The third-order valence-corrected chi connectivity index (χ3v) is 7.01. The average Bonchev–Trinajstić information content (AvgIpc) is 2.26. The first-order valence-corrected chi connectivity index (χ1v) is 7.94. The van der Waals surface area contributed by atoms with Crippen LogP contribution in [0.2, 0.25) is 0 Å². The van der Waals surface area contributed by atoms with E-state index in [4.69, 9.17) is 0 Å². The normalized spacial score (nSPS) is 47.5. The Morgan fingerprint density at radius 2 is 1.74 bits per heavy atom. The van der Waals surface area contributed by atoms with Gasteiger partial charge in [0.15, 0.2) is 0 Å². The van der Waals surface area contributed by atoms with E-state index >= 15 is 0 Å². The molecule has 0 heterocycles. The molecular weight excluding hydrogens is 236 g/mol. The van der Waals surface area contributed by atoms with E-state index in [9.17, 15) is 9.90 Å². The maximum Gasteiger partial charge on any atom is 0.136 e. The summed E-state index contributed by atoms with van der Waals surface area (Å²) in [6, 6.07) is 0. The van der Waals surface area contributed by atoms with Crippen LogP contribution in [-0.4, -0.2) is 16.5 Å². The van der Waals surface area contributed by atoms with Gasteiger partial charge in [-0.1, -0.05) is 13.8 Å². The molecule has 4 aliphatic rings. The van der Waals surface area contributed by atoms with E-state index in [1.165, 1.54) is 6.42 Å². The van der Waals surface area contributed by atoms with Crippen molar-refractivity contribution in [1.82, 2.24) is 0 Å². The molecule has 4 bridgehead atoms. The maximum atomic E-state index is 12.3. The molecule has 108 valence electrons. The lowest BCUT2D eigenvalue weighted by molar-refractivity contribution is -0.212. The van der Waals surface area contributed by atoms with E-state index in [0.29, 0.717) is 17.6 Å². The molecule has 0 aliphatic heterocycles. The average molecular weight is 264 g/mol. The van der Waals surface area contributed by atoms with Crippen molar-refractivity contribution in [3.63, 3.8) is 0 Å². The lowest BCUT2D eigenvalue weighted by Gasteiger charge is -2.66. The van der Waals surface area contributed by atoms with E-state index in [-0.39, 0.29) is 16.7 Å². The Hall–Kier alpha value is -0.370. The Bertz CT molecular complexity index is 393. The highest BCUT2D eigenvalue weighted by Crippen LogP contribution is 2.69. The van der Waals surface area contributed by atoms with Gasteiger partial charge in [-0.15, -0.1) is 0 Å². The van der Waals surface area contributed by atoms with E-state index in [1.807, 2.05) is 6.92 Å². The molecule has 1 N–H and O–H groups in total. The molecule has 0 aromatic rings. The number of ketones is 1. The van der Waals surface area contributed by atoms with Crippen LogP contribution >= 0.6 is 0 Å². The standard InChI is InChI=1S/C17H28O2/c1-11(2)15(4,19)17-8-13-5-14(9-17)7-16(6-13,10-17)12(3)18/h11,13-14,19H,5-10H2,1-4H3. The Kier molecular flexibility index (Phi) is 2.75. The summed E-state index contributed by atoms with van der Waals surface area (Å²) in [6.07, 6.45) is 6.70. The van der Waals surface area contributed by atoms with Crippen LogP contribution in [0.4, 0.5) is 0 Å². The van der Waals surface area contributed by atoms with Gasteiger partial charge in [-0.25, -0.2) is 0 Å². The van der Waals surface area contributed by atoms with Gasteiger partial charge in [0.05, 0.1) is 5.60 Å². The summed E-state index contributed by atoms with van der Waals surface area (Å²) in [6.45, 7) is 8.06. The molecule has 3 unspecified atom stereocenters. The summed E-state index contributed by atoms with van der Waals surface area (Å²) in [5.74, 6) is 1.99. The maximum absolute atomic E-state index is 12.3. The summed E-state index contributed by atoms with van der Waals surface area (Å²) < 4.78 is 0. The van der Waals surface area contributed by atoms with E-state index in [2.05, 4.69) is 13.8 Å². The molecule has 4 fully saturated rings. The van der Waals surface area contributed by atoms with Crippen molar-refractivity contribution in [2.24, 2.45) is 28.6 Å². The molecule has 3 atom stereocenters. The third-order valence-electron chi connectivity index (χ3n) is 7.01. The fraction of sp³-hybridized carbons (Fsp3) is 0.941. The van der Waals surface area contributed by atoms with E-state index in [1.54, 1.807) is 6.92 Å². The Morgan fingerprint density at radius 1 is 1.21 bits per heavy atom. The fourth-order valence-electron chi connectivity index (χ4n) is 5.88. The van der Waals surface area contributed by atoms with Crippen LogP contribution in [-0.2, 0) is 4.79 Å². The highest BCUT2D eigenvalue weighted by Gasteiger charge is 2.64. The molecule has 0 amide bonds. The first kappa shape index (κ1) is 13.6. The number of hydrogen-bond donors (Lipinski definition) is 1. The summed E-state index contributed by atoms with van der Waals surface area (Å²) in [4.78, 5) is 12.3. The lowest BCUT2D eigenvalue weighted by Crippen LogP contribution is -2.63. The molecule has 0 aromatic carbocycles. The minimum Gasteiger partial charge on any atom is -0.389 e. The smallest absolute Gasteiger partial charge is 0.136 e. The monoisotopic (exact) mass is 264 g/mol. The molecule has 19 heavy (non-hydrogen) atoms. The lowest BCUT2D eigenvalue weighted by atomic mass is 9.39. The molecule has 4 rings (SSSR count). The van der Waals surface area contributed by atoms with Crippen molar-refractivity contribution in [3.05, 3.63) is 0 Å². The molecule has 4 aliphatic carbocycles. The van der Waals surface area contributed by atoms with Crippen LogP contribution in [0.3, 0.4) is 0 Å². The Balaban J connectivity index is 2.03. The summed E-state index contributed by atoms with van der Waals surface area (Å²) in [5.41, 5.74) is -0.731. The van der Waals surface area contributed by atoms with E-state index in [0.717, 1.165) is 32.1 Å². The first-order chi connectivity index (χ1) is 8.71. The van der Waals surface area contributed by atoms with Crippen molar-refractivity contribution >= 4 is 5.78 Å². The van der Waals surface area contributed by atoms with Crippen LogP contribution in [0, 0.1) is 28.6 Å². The summed E-state index contributed by atoms with van der Waals surface area (Å²) >= 11 is 0. The Labute approximate surface area is 117 Å². The van der Waals surface area contributed by atoms with Crippen LogP contribution < -0.4 is 0 Å². The molecule has 0 spiro atoms. The Morgan fingerprint density at radius 3 is 2.16 bits per heavy atom. The predicted molar refractivity (Wildman–Crippen MR) is 75.7 cm³/mol. The fourth-order valence-corrected chi connectivity index (χ4v) is 5.88. The highest BCUT2D eigenvalue weighted by molar-refractivity contribution is 5.83. The number of Topliss-reactive ketones (excluding diaryl/α,β-unsaturated/α-hetero) is 1. The first-order valence-electron chi connectivity index (χ1n) is 7.94. The van der Waals surface area contributed by atoms with Gasteiger partial charge in [0.1, 0.15) is 5.78 Å². The van der Waals surface area contributed by atoms with Gasteiger partial charge in [0.25, 0.3) is 0 Å². The van der Waals surface area contributed by atoms with Crippen molar-refractivity contribution in [1.29, 1.82) is 0 Å². The summed E-state index contributed by atoms with van der Waals surface area (Å²) in [7, 11) is 0. The molecule has 0 saturated heterocycles. The van der Waals surface area contributed by atoms with Gasteiger partial charge < -0.3 is 5.11 Å². The molecule has 0 radical (unpaired) electrons. The SMILES string of the molecule is CC(=O)C12CC3CC(C1)CC(C(C)(O)C(C)C)(C3)C2. The van der Waals surface area contributed by atoms with Gasteiger partial charge in [0.2, 0.25) is 0 Å². The van der Waals surface area contributed by atoms with Crippen LogP contribution in [0.15, 0.2) is 0 Å². The zero-order valence-corrected chi connectivity index (χ0v) is 12.8. The summed E-state index contributed by atoms with van der Waals surface area (Å²) in [5, 5.41) is 11.1. The topological polar surface area (TPSA) is 37.3 Å². The van der Waals surface area contributed by atoms with Crippen LogP contribution in [0.25, 0.3) is 0 Å². The largest absolute Gasteiger partial charge is 0.389 e. The number of carbonyl (C=O) groups is 1. The van der Waals surface area contributed by atoms with Crippen molar-refractivity contribution in [3.8, 4) is 0 Å². The molecule has 4 saturated carbocycles. The molecular formula is C17H28O2. The quantitative estimate of drug-likeness (QED) is 0.846. The predicted octanol–water partition coefficient (Wildman–Crippen LogP) is 3.57. The second-order valence-electron chi connectivity index (χ2n) is 8.38. The van der Waals surface area contributed by atoms with Gasteiger partial charge in [-0.2, -0.15) is 0 Å². The second kappa shape index (κ2) is 3.84. The number of rotatable bonds is 3. The molecule has 2 nitrogen and oxygen atoms in total. The van der Waals surface area contributed by atoms with Gasteiger partial charge in [-0.3, -0.25) is 4.79 Å². The van der Waals surface area contributed by atoms with Gasteiger partial charge >= 0.3 is 0 Å². The second-order valence-corrected chi connectivity index (χ2v) is 8.38. The van der Waals surface area contributed by atoms with Crippen molar-refractivity contribution < 1.29 is 9.90 Å². The molecule has 2 heteroatoms. The minimum atomic E-state index is -0.633. The minimum absolute atomic E-state index is 0.00306. The zero-order chi connectivity index (χ0) is 14.1. The van der Waals surface area contributed by atoms with Crippen LogP contribution in [0.5, 0.6) is 0 Å². The molecule has 0 aromatic heterocycles. The van der Waals surface area contributed by atoms with E-state index < -0.39 is 5.60 Å². The number of hydrogen-bond acceptors (Lipinski definition) is 2.